The summed E-state index contributed by atoms with van der Waals surface area (Å²) in [6, 6.07) is -2.28. The van der Waals surface area contributed by atoms with Crippen molar-refractivity contribution in [3.05, 3.63) is 0 Å². The van der Waals surface area contributed by atoms with E-state index in [4.69, 9.17) is 15.9 Å². The zero-order valence-electron chi connectivity index (χ0n) is 11.0. The summed E-state index contributed by atoms with van der Waals surface area (Å²) >= 11 is 3.76. The second-order valence-electron chi connectivity index (χ2n) is 3.92. The van der Waals surface area contributed by atoms with E-state index in [0.29, 0.717) is 0 Å². The summed E-state index contributed by atoms with van der Waals surface area (Å²) in [6.07, 6.45) is 0. The van der Waals surface area contributed by atoms with E-state index in [2.05, 4.69) is 28.6 Å². The van der Waals surface area contributed by atoms with Gasteiger partial charge in [-0.05, 0) is 0 Å². The van der Waals surface area contributed by atoms with Gasteiger partial charge in [-0.25, -0.2) is 4.79 Å². The van der Waals surface area contributed by atoms with Gasteiger partial charge >= 0.3 is 5.97 Å². The van der Waals surface area contributed by atoms with E-state index < -0.39 is 55.5 Å². The highest BCUT2D eigenvalue weighted by atomic mass is 32.1. The molecule has 21 heavy (non-hydrogen) atoms. The highest BCUT2D eigenvalue weighted by Crippen LogP contribution is 1.87. The van der Waals surface area contributed by atoms with Crippen LogP contribution < -0.4 is 21.7 Å². The Balaban J connectivity index is 4.00. The first-order valence-corrected chi connectivity index (χ1v) is 6.49. The number of aliphatic hydroxyl groups is 1. The number of thiol groups is 1. The average Bonchev–Trinajstić information content (AvgIpc) is 2.46. The van der Waals surface area contributed by atoms with Gasteiger partial charge in [-0.15, -0.1) is 0 Å². The van der Waals surface area contributed by atoms with Gasteiger partial charge < -0.3 is 31.9 Å². The molecule has 2 atom stereocenters. The molecule has 0 aromatic rings. The molecule has 0 saturated carbocycles. The Morgan fingerprint density at radius 1 is 1.10 bits per heavy atom. The first-order chi connectivity index (χ1) is 9.81. The van der Waals surface area contributed by atoms with Gasteiger partial charge in [-0.2, -0.15) is 12.6 Å². The minimum absolute atomic E-state index is 0.0931. The largest absolute Gasteiger partial charge is 0.480 e. The fourth-order valence-corrected chi connectivity index (χ4v) is 1.30. The third-order valence-corrected chi connectivity index (χ3v) is 2.58. The van der Waals surface area contributed by atoms with Crippen molar-refractivity contribution in [2.45, 2.75) is 12.1 Å². The molecule has 0 bridgehead atoms. The molecule has 0 rings (SSSR count). The van der Waals surface area contributed by atoms with E-state index in [1.807, 2.05) is 0 Å². The molecule has 0 heterocycles. The Labute approximate surface area is 125 Å². The lowest BCUT2D eigenvalue weighted by atomic mass is 10.3. The van der Waals surface area contributed by atoms with Gasteiger partial charge in [0, 0.05) is 5.75 Å². The molecular weight excluding hydrogens is 304 g/mol. The number of carbonyl (C=O) groups excluding carboxylic acids is 3. The van der Waals surface area contributed by atoms with Gasteiger partial charge in [-0.1, -0.05) is 0 Å². The second-order valence-corrected chi connectivity index (χ2v) is 4.29. The van der Waals surface area contributed by atoms with Crippen LogP contribution in [0.25, 0.3) is 0 Å². The third-order valence-electron chi connectivity index (χ3n) is 2.22. The first-order valence-electron chi connectivity index (χ1n) is 5.85. The predicted octanol–water partition coefficient (Wildman–Crippen LogP) is -3.96. The summed E-state index contributed by atoms with van der Waals surface area (Å²) in [5, 5.41) is 23.8. The Morgan fingerprint density at radius 2 is 1.67 bits per heavy atom. The molecule has 0 aliphatic heterocycles. The first kappa shape index (κ1) is 19.1. The molecule has 11 heteroatoms. The molecule has 0 aliphatic rings. The highest BCUT2D eigenvalue weighted by Gasteiger charge is 2.18. The number of nitrogens with one attached hydrogen (secondary N) is 3. The molecule has 0 fully saturated rings. The van der Waals surface area contributed by atoms with E-state index in [9.17, 15) is 19.2 Å². The summed E-state index contributed by atoms with van der Waals surface area (Å²) in [6.45, 7) is -1.43. The number of rotatable bonds is 9. The van der Waals surface area contributed by atoms with Gasteiger partial charge in [0.15, 0.2) is 0 Å². The van der Waals surface area contributed by atoms with E-state index >= 15 is 0 Å². The van der Waals surface area contributed by atoms with Crippen LogP contribution in [0.4, 0.5) is 0 Å². The fourth-order valence-electron chi connectivity index (χ4n) is 1.05. The van der Waals surface area contributed by atoms with Crippen LogP contribution in [0.3, 0.4) is 0 Å². The van der Waals surface area contributed by atoms with Gasteiger partial charge in [0.2, 0.25) is 17.7 Å². The highest BCUT2D eigenvalue weighted by molar-refractivity contribution is 7.80. The van der Waals surface area contributed by atoms with E-state index in [0.717, 1.165) is 0 Å². The number of hydrogen-bond donors (Lipinski definition) is 7. The van der Waals surface area contributed by atoms with Crippen molar-refractivity contribution < 1.29 is 29.4 Å². The van der Waals surface area contributed by atoms with Gasteiger partial charge in [0.05, 0.1) is 19.7 Å². The molecule has 3 amide bonds. The van der Waals surface area contributed by atoms with Crippen LogP contribution in [0.2, 0.25) is 0 Å². The molecule has 10 nitrogen and oxygen atoms in total. The van der Waals surface area contributed by atoms with E-state index in [-0.39, 0.29) is 5.75 Å². The fraction of sp³-hybridized carbons (Fsp3) is 0.600. The van der Waals surface area contributed by atoms with E-state index in [1.165, 1.54) is 0 Å². The number of carboxylic acids is 1. The Morgan fingerprint density at radius 3 is 2.14 bits per heavy atom. The number of nitrogens with two attached hydrogens (primary N) is 1. The minimum atomic E-state index is -1.24. The maximum atomic E-state index is 11.4. The summed E-state index contributed by atoms with van der Waals surface area (Å²) in [5.41, 5.74) is 5.20. The van der Waals surface area contributed by atoms with Gasteiger partial charge in [0.1, 0.15) is 12.1 Å². The number of hydrogen-bond acceptors (Lipinski definition) is 7. The van der Waals surface area contributed by atoms with Crippen LogP contribution in [0.5, 0.6) is 0 Å². The number of carboxylic acid groups (broad SMARTS) is 1. The molecule has 0 radical (unpaired) electrons. The zero-order valence-corrected chi connectivity index (χ0v) is 11.9. The minimum Gasteiger partial charge on any atom is -0.480 e. The quantitative estimate of drug-likeness (QED) is 0.212. The number of aliphatic carboxylic acids is 1. The monoisotopic (exact) mass is 322 g/mol. The van der Waals surface area contributed by atoms with Gasteiger partial charge in [-0.3, -0.25) is 14.4 Å². The lowest BCUT2D eigenvalue weighted by Gasteiger charge is -2.13. The smallest absolute Gasteiger partial charge is 0.327 e. The van der Waals surface area contributed by atoms with Crippen molar-refractivity contribution in [3.8, 4) is 0 Å². The normalized spacial score (nSPS) is 12.9. The van der Waals surface area contributed by atoms with E-state index in [1.54, 1.807) is 0 Å². The number of aliphatic hydroxyl groups excluding tert-OH is 1. The Bertz CT molecular complexity index is 405. The van der Waals surface area contributed by atoms with Crippen LogP contribution >= 0.6 is 12.6 Å². The molecular formula is C10H18N4O6S. The molecule has 0 spiro atoms. The SMILES string of the molecule is NC(CO)C(=O)NCC(=O)NCC(=O)NC(CS)C(=O)O. The number of amides is 3. The molecule has 2 unspecified atom stereocenters. The standard InChI is InChI=1S/C10H18N4O6S/c11-5(3-15)9(18)13-1-7(16)12-2-8(17)14-6(4-21)10(19)20/h5-6,15,21H,1-4,11H2,(H,12,16)(H,13,18)(H,14,17)(H,19,20). The maximum absolute atomic E-state index is 11.4. The van der Waals surface area contributed by atoms with Crippen LogP contribution in [-0.4, -0.2) is 71.4 Å². The number of carbonyl (C=O) groups is 4. The second kappa shape index (κ2) is 9.96. The maximum Gasteiger partial charge on any atom is 0.327 e. The van der Waals surface area contributed by atoms with Crippen LogP contribution in [0.1, 0.15) is 0 Å². The summed E-state index contributed by atoms with van der Waals surface area (Å²) in [7, 11) is 0. The molecule has 120 valence electrons. The summed E-state index contributed by atoms with van der Waals surface area (Å²) in [5.74, 6) is -3.41. The van der Waals surface area contributed by atoms with Crippen LogP contribution in [-0.2, 0) is 19.2 Å². The Hall–Kier alpha value is -1.85. The lowest BCUT2D eigenvalue weighted by Crippen LogP contribution is -2.49. The van der Waals surface area contributed by atoms with Crippen molar-refractivity contribution in [3.63, 3.8) is 0 Å². The molecule has 0 aliphatic carbocycles. The van der Waals surface area contributed by atoms with Crippen molar-refractivity contribution in [1.29, 1.82) is 0 Å². The van der Waals surface area contributed by atoms with Crippen molar-refractivity contribution in [2.24, 2.45) is 5.73 Å². The van der Waals surface area contributed by atoms with Crippen LogP contribution in [0, 0.1) is 0 Å². The molecule has 7 N–H and O–H groups in total. The van der Waals surface area contributed by atoms with Crippen molar-refractivity contribution in [1.82, 2.24) is 16.0 Å². The predicted molar refractivity (Wildman–Crippen MR) is 74.5 cm³/mol. The average molecular weight is 322 g/mol. The summed E-state index contributed by atoms with van der Waals surface area (Å²) < 4.78 is 0. The van der Waals surface area contributed by atoms with Crippen molar-refractivity contribution >= 4 is 36.3 Å². The van der Waals surface area contributed by atoms with Gasteiger partial charge in [0.25, 0.3) is 0 Å². The molecule has 0 aromatic carbocycles. The van der Waals surface area contributed by atoms with Crippen molar-refractivity contribution in [2.75, 3.05) is 25.4 Å². The lowest BCUT2D eigenvalue weighted by molar-refractivity contribution is -0.141. The molecule has 0 aromatic heterocycles. The Kier molecular flexibility index (Phi) is 9.08. The summed E-state index contributed by atoms with van der Waals surface area (Å²) in [4.78, 5) is 44.5. The van der Waals surface area contributed by atoms with Crippen LogP contribution in [0.15, 0.2) is 0 Å². The zero-order chi connectivity index (χ0) is 16.4. The topological polar surface area (TPSA) is 171 Å². The third kappa shape index (κ3) is 8.12. The molecule has 0 saturated heterocycles.